The average molecular weight is 467 g/mol. The van der Waals surface area contributed by atoms with Crippen molar-refractivity contribution in [2.24, 2.45) is 0 Å². The van der Waals surface area contributed by atoms with Gasteiger partial charge in [0.1, 0.15) is 4.32 Å². The number of imide groups is 2. The van der Waals surface area contributed by atoms with Crippen LogP contribution in [-0.2, 0) is 19.2 Å². The molecule has 4 rings (SSSR count). The highest BCUT2D eigenvalue weighted by atomic mass is 32.2. The van der Waals surface area contributed by atoms with Crippen LogP contribution in [0.4, 0.5) is 9.59 Å². The van der Waals surface area contributed by atoms with Crippen molar-refractivity contribution in [1.82, 2.24) is 31.9 Å². The molecular weight excluding hydrogens is 452 g/mol. The van der Waals surface area contributed by atoms with Crippen molar-refractivity contribution in [3.8, 4) is 0 Å². The first-order valence-corrected chi connectivity index (χ1v) is 10.0. The van der Waals surface area contributed by atoms with E-state index in [0.717, 1.165) is 11.8 Å². The summed E-state index contributed by atoms with van der Waals surface area (Å²) in [5.74, 6) is 0.317. The highest BCUT2D eigenvalue weighted by Gasteiger charge is 2.17. The van der Waals surface area contributed by atoms with Crippen molar-refractivity contribution >= 4 is 92.3 Å². The highest BCUT2D eigenvalue weighted by molar-refractivity contribution is 8.24. The molecular formula is C12H14N6O6S4. The molecule has 28 heavy (non-hydrogen) atoms. The normalized spacial score (nSPS) is 19.4. The molecule has 4 saturated heterocycles. The Morgan fingerprint density at radius 2 is 1.21 bits per heavy atom. The summed E-state index contributed by atoms with van der Waals surface area (Å²) >= 11 is 11.6. The molecule has 12 nitrogen and oxygen atoms in total. The average Bonchev–Trinajstić information content (AvgIpc) is 3.37. The van der Waals surface area contributed by atoms with Gasteiger partial charge in [0.05, 0.1) is 24.6 Å². The molecule has 0 spiro atoms. The van der Waals surface area contributed by atoms with E-state index in [1.165, 1.54) is 11.8 Å². The van der Waals surface area contributed by atoms with Crippen LogP contribution in [0.1, 0.15) is 0 Å². The highest BCUT2D eigenvalue weighted by Crippen LogP contribution is 2.07. The molecule has 0 unspecified atom stereocenters. The standard InChI is InChI=1S/C3H4N2O2.C3H4N2OS.C3H3NO2S.C3H3NOS2/c2*6-2-1-4-3(7)5-2;2*5-2-1-7-3(6)4-2/h2*1H2,(H2,4,5,6,7);2*1H2,(H,4,5,6). The first-order chi connectivity index (χ1) is 13.2. The van der Waals surface area contributed by atoms with Crippen molar-refractivity contribution < 1.29 is 28.8 Å². The number of thioether (sulfide) groups is 2. The van der Waals surface area contributed by atoms with Crippen LogP contribution in [0.15, 0.2) is 0 Å². The summed E-state index contributed by atoms with van der Waals surface area (Å²) in [6, 6.07) is -0.398. The fourth-order valence-electron chi connectivity index (χ4n) is 1.39. The first-order valence-electron chi connectivity index (χ1n) is 7.24. The molecule has 4 fully saturated rings. The number of rotatable bonds is 0. The van der Waals surface area contributed by atoms with Crippen LogP contribution in [0, 0.1) is 0 Å². The third kappa shape index (κ3) is 10.8. The largest absolute Gasteiger partial charge is 0.353 e. The van der Waals surface area contributed by atoms with Crippen molar-refractivity contribution in [2.75, 3.05) is 24.6 Å². The van der Waals surface area contributed by atoms with Gasteiger partial charge in [-0.1, -0.05) is 35.7 Å². The van der Waals surface area contributed by atoms with Crippen molar-refractivity contribution in [3.05, 3.63) is 0 Å². The lowest BCUT2D eigenvalue weighted by Gasteiger charge is -1.83. The lowest BCUT2D eigenvalue weighted by Crippen LogP contribution is -2.22. The smallest absolute Gasteiger partial charge is 0.321 e. The predicted molar refractivity (Wildman–Crippen MR) is 109 cm³/mol. The van der Waals surface area contributed by atoms with Crippen molar-refractivity contribution in [2.45, 2.75) is 0 Å². The number of urea groups is 1. The van der Waals surface area contributed by atoms with Crippen LogP contribution < -0.4 is 31.9 Å². The maximum absolute atomic E-state index is 10.2. The molecule has 4 heterocycles. The maximum Gasteiger partial charge on any atom is 0.321 e. The summed E-state index contributed by atoms with van der Waals surface area (Å²) in [7, 11) is 0. The quantitative estimate of drug-likeness (QED) is 0.171. The molecule has 152 valence electrons. The van der Waals surface area contributed by atoms with E-state index in [9.17, 15) is 28.8 Å². The molecule has 7 amide bonds. The molecule has 0 atom stereocenters. The second-order valence-electron chi connectivity index (χ2n) is 4.71. The lowest BCUT2D eigenvalue weighted by atomic mass is 10.7. The fraction of sp³-hybridized carbons (Fsp3) is 0.333. The van der Waals surface area contributed by atoms with Gasteiger partial charge in [0.15, 0.2) is 5.11 Å². The fourth-order valence-corrected chi connectivity index (χ4v) is 2.90. The maximum atomic E-state index is 10.2. The number of carbonyl (C=O) groups is 6. The second-order valence-corrected chi connectivity index (χ2v) is 7.72. The van der Waals surface area contributed by atoms with E-state index in [2.05, 4.69) is 51.0 Å². The summed E-state index contributed by atoms with van der Waals surface area (Å²) in [6.07, 6.45) is 0. The van der Waals surface area contributed by atoms with E-state index in [4.69, 9.17) is 0 Å². The minimum atomic E-state index is -0.398. The summed E-state index contributed by atoms with van der Waals surface area (Å²) in [6.45, 7) is 0.456. The molecule has 0 aliphatic carbocycles. The molecule has 0 bridgehead atoms. The minimum Gasteiger partial charge on any atom is -0.353 e. The Kier molecular flexibility index (Phi) is 10.4. The molecule has 0 saturated carbocycles. The summed E-state index contributed by atoms with van der Waals surface area (Å²) in [4.78, 5) is 60.7. The monoisotopic (exact) mass is 466 g/mol. The predicted octanol–water partition coefficient (Wildman–Crippen LogP) is -2.08. The van der Waals surface area contributed by atoms with E-state index in [-0.39, 0.29) is 35.4 Å². The van der Waals surface area contributed by atoms with E-state index in [0.29, 0.717) is 27.5 Å². The summed E-state index contributed by atoms with van der Waals surface area (Å²) in [5, 5.41) is 14.1. The number of hydrogen-bond donors (Lipinski definition) is 6. The van der Waals surface area contributed by atoms with Crippen molar-refractivity contribution in [1.29, 1.82) is 0 Å². The zero-order valence-corrected chi connectivity index (χ0v) is 17.2. The Hall–Kier alpha value is -2.30. The van der Waals surface area contributed by atoms with E-state index in [1.54, 1.807) is 0 Å². The van der Waals surface area contributed by atoms with Crippen LogP contribution in [0.5, 0.6) is 0 Å². The lowest BCUT2D eigenvalue weighted by molar-refractivity contribution is -0.118. The van der Waals surface area contributed by atoms with Crippen molar-refractivity contribution in [3.63, 3.8) is 0 Å². The van der Waals surface area contributed by atoms with Gasteiger partial charge in [-0.15, -0.1) is 0 Å². The van der Waals surface area contributed by atoms with Crippen LogP contribution in [0.3, 0.4) is 0 Å². The third-order valence-corrected chi connectivity index (χ3v) is 4.72. The van der Waals surface area contributed by atoms with Gasteiger partial charge in [-0.3, -0.25) is 34.6 Å². The van der Waals surface area contributed by atoms with Crippen LogP contribution in [-0.4, -0.2) is 68.9 Å². The minimum absolute atomic E-state index is 0.0231. The Bertz CT molecular complexity index is 553. The number of nitrogens with one attached hydrogen (secondary N) is 6. The summed E-state index contributed by atoms with van der Waals surface area (Å²) in [5.41, 5.74) is 0. The molecule has 0 aromatic heterocycles. The Labute approximate surface area is 177 Å². The molecule has 16 heteroatoms. The van der Waals surface area contributed by atoms with Gasteiger partial charge >= 0.3 is 6.03 Å². The number of amides is 7. The van der Waals surface area contributed by atoms with Crippen LogP contribution >= 0.6 is 48.0 Å². The number of thiocarbonyl (C=S) groups is 2. The molecule has 4 aliphatic heterocycles. The van der Waals surface area contributed by atoms with Crippen LogP contribution in [0.2, 0.25) is 0 Å². The van der Waals surface area contributed by atoms with E-state index in [1.807, 2.05) is 5.32 Å². The van der Waals surface area contributed by atoms with E-state index >= 15 is 0 Å². The van der Waals surface area contributed by atoms with Gasteiger partial charge in [-0.05, 0) is 12.2 Å². The Morgan fingerprint density at radius 1 is 0.643 bits per heavy atom. The molecule has 0 aromatic carbocycles. The topological polar surface area (TPSA) is 175 Å². The molecule has 0 aromatic rings. The van der Waals surface area contributed by atoms with Gasteiger partial charge < -0.3 is 21.3 Å². The molecule has 0 radical (unpaired) electrons. The number of carbonyl (C=O) groups excluding carboxylic acids is 6. The SMILES string of the molecule is O=C1CNC(=O)N1.O=C1CNC(=S)N1.O=C1CSC(=O)N1.O=C1CSC(=S)N1. The Balaban J connectivity index is 0.000000187. The number of hydrogen-bond acceptors (Lipinski definition) is 10. The zero-order valence-electron chi connectivity index (χ0n) is 13.9. The van der Waals surface area contributed by atoms with E-state index < -0.39 is 6.03 Å². The molecule has 6 N–H and O–H groups in total. The zero-order chi connectivity index (χ0) is 21.1. The Morgan fingerprint density at radius 3 is 1.36 bits per heavy atom. The van der Waals surface area contributed by atoms with Gasteiger partial charge in [0.2, 0.25) is 23.6 Å². The van der Waals surface area contributed by atoms with Gasteiger partial charge in [-0.25, -0.2) is 4.79 Å². The van der Waals surface area contributed by atoms with Gasteiger partial charge in [0, 0.05) is 0 Å². The summed E-state index contributed by atoms with van der Waals surface area (Å²) < 4.78 is 0.602. The third-order valence-electron chi connectivity index (χ3n) is 2.48. The van der Waals surface area contributed by atoms with Crippen LogP contribution in [0.25, 0.3) is 0 Å². The molecule has 4 aliphatic rings. The van der Waals surface area contributed by atoms with Gasteiger partial charge in [-0.2, -0.15) is 0 Å². The first kappa shape index (κ1) is 23.7. The second kappa shape index (κ2) is 12.2. The van der Waals surface area contributed by atoms with Gasteiger partial charge in [0.25, 0.3) is 5.24 Å².